The molecule has 1 aromatic rings. The molecule has 3 N–H and O–H groups in total. The number of hydrogen-bond donors (Lipinski definition) is 3. The Morgan fingerprint density at radius 2 is 1.83 bits per heavy atom. The molecule has 0 spiro atoms. The van der Waals surface area contributed by atoms with Crippen molar-refractivity contribution < 1.29 is 5.11 Å². The molecule has 102 valence electrons. The van der Waals surface area contributed by atoms with Gasteiger partial charge in [0.15, 0.2) is 0 Å². The SMILES string of the molecule is CCCNc1cc(NC(CC)(CC)CO)ncn1. The number of aliphatic hydroxyl groups excluding tert-OH is 1. The van der Waals surface area contributed by atoms with Gasteiger partial charge in [-0.25, -0.2) is 9.97 Å². The van der Waals surface area contributed by atoms with Crippen molar-refractivity contribution in [1.82, 2.24) is 9.97 Å². The largest absolute Gasteiger partial charge is 0.394 e. The smallest absolute Gasteiger partial charge is 0.131 e. The van der Waals surface area contributed by atoms with Crippen LogP contribution in [0.15, 0.2) is 12.4 Å². The van der Waals surface area contributed by atoms with Gasteiger partial charge < -0.3 is 15.7 Å². The third kappa shape index (κ3) is 3.84. The van der Waals surface area contributed by atoms with Gasteiger partial charge in [0.2, 0.25) is 0 Å². The molecule has 0 amide bonds. The van der Waals surface area contributed by atoms with Crippen LogP contribution in [-0.4, -0.2) is 33.8 Å². The van der Waals surface area contributed by atoms with Crippen molar-refractivity contribution in [3.63, 3.8) is 0 Å². The summed E-state index contributed by atoms with van der Waals surface area (Å²) >= 11 is 0. The molecule has 5 heteroatoms. The van der Waals surface area contributed by atoms with Crippen molar-refractivity contribution in [2.24, 2.45) is 0 Å². The van der Waals surface area contributed by atoms with E-state index in [4.69, 9.17) is 0 Å². The summed E-state index contributed by atoms with van der Waals surface area (Å²) in [6.45, 7) is 7.22. The molecular weight excluding hydrogens is 228 g/mol. The number of aromatic nitrogens is 2. The number of nitrogens with zero attached hydrogens (tertiary/aromatic N) is 2. The molecule has 0 radical (unpaired) electrons. The molecule has 5 nitrogen and oxygen atoms in total. The first-order chi connectivity index (χ1) is 8.69. The number of nitrogens with one attached hydrogen (secondary N) is 2. The molecule has 1 rings (SSSR count). The third-order valence-corrected chi connectivity index (χ3v) is 3.27. The molecule has 0 aromatic carbocycles. The Balaban J connectivity index is 2.77. The maximum atomic E-state index is 9.53. The summed E-state index contributed by atoms with van der Waals surface area (Å²) in [6.07, 6.45) is 4.29. The van der Waals surface area contributed by atoms with Crippen LogP contribution in [0.2, 0.25) is 0 Å². The lowest BCUT2D eigenvalue weighted by molar-refractivity contribution is 0.202. The highest BCUT2D eigenvalue weighted by Gasteiger charge is 2.25. The van der Waals surface area contributed by atoms with Gasteiger partial charge >= 0.3 is 0 Å². The first-order valence-electron chi connectivity index (χ1n) is 6.64. The van der Waals surface area contributed by atoms with E-state index in [0.717, 1.165) is 37.4 Å². The Hall–Kier alpha value is -1.36. The van der Waals surface area contributed by atoms with E-state index in [2.05, 4.69) is 41.4 Å². The minimum Gasteiger partial charge on any atom is -0.394 e. The Bertz CT molecular complexity index is 344. The zero-order valence-corrected chi connectivity index (χ0v) is 11.5. The predicted octanol–water partition coefficient (Wildman–Crippen LogP) is 2.26. The molecule has 0 saturated heterocycles. The normalized spacial score (nSPS) is 11.3. The lowest BCUT2D eigenvalue weighted by Gasteiger charge is -2.31. The van der Waals surface area contributed by atoms with Gasteiger partial charge in [-0.15, -0.1) is 0 Å². The summed E-state index contributed by atoms with van der Waals surface area (Å²) < 4.78 is 0. The zero-order chi connectivity index (χ0) is 13.4. The summed E-state index contributed by atoms with van der Waals surface area (Å²) in [6, 6.07) is 1.88. The monoisotopic (exact) mass is 252 g/mol. The summed E-state index contributed by atoms with van der Waals surface area (Å²) in [5, 5.41) is 16.1. The number of aliphatic hydroxyl groups is 1. The molecule has 18 heavy (non-hydrogen) atoms. The summed E-state index contributed by atoms with van der Waals surface area (Å²) in [5.41, 5.74) is -0.295. The molecule has 0 saturated carbocycles. The Morgan fingerprint density at radius 3 is 2.39 bits per heavy atom. The fourth-order valence-corrected chi connectivity index (χ4v) is 1.74. The van der Waals surface area contributed by atoms with E-state index in [1.807, 2.05) is 6.07 Å². The molecule has 0 atom stereocenters. The number of anilines is 2. The van der Waals surface area contributed by atoms with E-state index in [1.165, 1.54) is 6.33 Å². The van der Waals surface area contributed by atoms with Gasteiger partial charge in [0.1, 0.15) is 18.0 Å². The van der Waals surface area contributed by atoms with Crippen LogP contribution in [0.25, 0.3) is 0 Å². The highest BCUT2D eigenvalue weighted by molar-refractivity contribution is 5.47. The Kier molecular flexibility index (Phi) is 5.85. The van der Waals surface area contributed by atoms with Crippen LogP contribution in [-0.2, 0) is 0 Å². The molecule has 0 bridgehead atoms. The van der Waals surface area contributed by atoms with Crippen molar-refractivity contribution in [2.75, 3.05) is 23.8 Å². The van der Waals surface area contributed by atoms with Gasteiger partial charge in [-0.2, -0.15) is 0 Å². The highest BCUT2D eigenvalue weighted by atomic mass is 16.3. The first kappa shape index (κ1) is 14.7. The molecular formula is C13H24N4O. The van der Waals surface area contributed by atoms with Gasteiger partial charge in [0.05, 0.1) is 12.1 Å². The number of hydrogen-bond acceptors (Lipinski definition) is 5. The Labute approximate surface area is 109 Å². The van der Waals surface area contributed by atoms with E-state index < -0.39 is 0 Å². The average Bonchev–Trinajstić information content (AvgIpc) is 2.43. The lowest BCUT2D eigenvalue weighted by atomic mass is 9.94. The molecule has 0 fully saturated rings. The van der Waals surface area contributed by atoms with E-state index in [-0.39, 0.29) is 12.1 Å². The second kappa shape index (κ2) is 7.16. The second-order valence-electron chi connectivity index (χ2n) is 4.49. The fourth-order valence-electron chi connectivity index (χ4n) is 1.74. The Morgan fingerprint density at radius 1 is 1.17 bits per heavy atom. The van der Waals surface area contributed by atoms with E-state index >= 15 is 0 Å². The quantitative estimate of drug-likeness (QED) is 0.662. The van der Waals surface area contributed by atoms with E-state index in [0.29, 0.717) is 0 Å². The summed E-state index contributed by atoms with van der Waals surface area (Å²) in [5.74, 6) is 1.56. The van der Waals surface area contributed by atoms with Crippen LogP contribution in [0.5, 0.6) is 0 Å². The van der Waals surface area contributed by atoms with Crippen LogP contribution in [0.4, 0.5) is 11.6 Å². The van der Waals surface area contributed by atoms with Crippen molar-refractivity contribution in [3.8, 4) is 0 Å². The van der Waals surface area contributed by atoms with Crippen LogP contribution >= 0.6 is 0 Å². The standard InChI is InChI=1S/C13H24N4O/c1-4-7-14-11-8-12(16-10-15-11)17-13(5-2,6-3)9-18/h8,10,18H,4-7,9H2,1-3H3,(H2,14,15,16,17). The van der Waals surface area contributed by atoms with Gasteiger partial charge in [-0.05, 0) is 19.3 Å². The molecule has 0 unspecified atom stereocenters. The van der Waals surface area contributed by atoms with Gasteiger partial charge in [0.25, 0.3) is 0 Å². The molecule has 0 aliphatic carbocycles. The predicted molar refractivity (Wildman–Crippen MR) is 74.8 cm³/mol. The van der Waals surface area contributed by atoms with Crippen LogP contribution in [0.3, 0.4) is 0 Å². The second-order valence-corrected chi connectivity index (χ2v) is 4.49. The number of rotatable bonds is 8. The topological polar surface area (TPSA) is 70.1 Å². The minimum absolute atomic E-state index is 0.0989. The van der Waals surface area contributed by atoms with Crippen molar-refractivity contribution >= 4 is 11.6 Å². The third-order valence-electron chi connectivity index (χ3n) is 3.27. The van der Waals surface area contributed by atoms with E-state index in [1.54, 1.807) is 0 Å². The van der Waals surface area contributed by atoms with Crippen LogP contribution in [0.1, 0.15) is 40.0 Å². The van der Waals surface area contributed by atoms with Gasteiger partial charge in [-0.3, -0.25) is 0 Å². The molecule has 0 aliphatic heterocycles. The summed E-state index contributed by atoms with van der Waals surface area (Å²) in [4.78, 5) is 8.36. The van der Waals surface area contributed by atoms with Gasteiger partial charge in [-0.1, -0.05) is 20.8 Å². The zero-order valence-electron chi connectivity index (χ0n) is 11.5. The fraction of sp³-hybridized carbons (Fsp3) is 0.692. The molecule has 0 aliphatic rings. The van der Waals surface area contributed by atoms with Crippen molar-refractivity contribution in [1.29, 1.82) is 0 Å². The van der Waals surface area contributed by atoms with Gasteiger partial charge in [0, 0.05) is 12.6 Å². The minimum atomic E-state index is -0.295. The maximum absolute atomic E-state index is 9.53. The maximum Gasteiger partial charge on any atom is 0.131 e. The average molecular weight is 252 g/mol. The van der Waals surface area contributed by atoms with Crippen molar-refractivity contribution in [2.45, 2.75) is 45.6 Å². The highest BCUT2D eigenvalue weighted by Crippen LogP contribution is 2.21. The first-order valence-corrected chi connectivity index (χ1v) is 6.64. The molecule has 1 aromatic heterocycles. The van der Waals surface area contributed by atoms with Crippen molar-refractivity contribution in [3.05, 3.63) is 12.4 Å². The summed E-state index contributed by atoms with van der Waals surface area (Å²) in [7, 11) is 0. The van der Waals surface area contributed by atoms with E-state index in [9.17, 15) is 5.11 Å². The van der Waals surface area contributed by atoms with Crippen LogP contribution in [0, 0.1) is 0 Å². The lowest BCUT2D eigenvalue weighted by Crippen LogP contribution is -2.41. The van der Waals surface area contributed by atoms with Crippen LogP contribution < -0.4 is 10.6 Å². The molecule has 1 heterocycles.